The Labute approximate surface area is 169 Å². The van der Waals surface area contributed by atoms with Crippen LogP contribution in [0.15, 0.2) is 60.7 Å². The lowest BCUT2D eigenvalue weighted by atomic mass is 10.2. The van der Waals surface area contributed by atoms with Gasteiger partial charge in [0, 0.05) is 25.0 Å². The maximum atomic E-state index is 12.7. The van der Waals surface area contributed by atoms with Crippen molar-refractivity contribution < 1.29 is 14.3 Å². The summed E-state index contributed by atoms with van der Waals surface area (Å²) in [5.41, 5.74) is 2.88. The molecule has 2 aromatic carbocycles. The third-order valence-corrected chi connectivity index (χ3v) is 4.22. The highest BCUT2D eigenvalue weighted by Crippen LogP contribution is 2.16. The molecule has 0 saturated heterocycles. The first-order chi connectivity index (χ1) is 14.0. The summed E-state index contributed by atoms with van der Waals surface area (Å²) in [5, 5.41) is 2.77. The molecule has 0 fully saturated rings. The van der Waals surface area contributed by atoms with Gasteiger partial charge in [-0.2, -0.15) is 0 Å². The van der Waals surface area contributed by atoms with Crippen molar-refractivity contribution in [2.75, 3.05) is 24.4 Å². The average Bonchev–Trinajstić information content (AvgIpc) is 2.73. The van der Waals surface area contributed by atoms with Crippen LogP contribution in [0.4, 0.5) is 11.6 Å². The third-order valence-electron chi connectivity index (χ3n) is 4.22. The number of aromatic nitrogens is 2. The molecule has 1 N–H and O–H groups in total. The first kappa shape index (κ1) is 20.0. The van der Waals surface area contributed by atoms with E-state index in [0.29, 0.717) is 29.4 Å². The molecule has 29 heavy (non-hydrogen) atoms. The zero-order valence-corrected chi connectivity index (χ0v) is 16.5. The molecule has 0 unspecified atom stereocenters. The van der Waals surface area contributed by atoms with Gasteiger partial charge in [0.1, 0.15) is 5.69 Å². The number of ether oxygens (including phenoxy) is 1. The second-order valence-corrected chi connectivity index (χ2v) is 6.56. The van der Waals surface area contributed by atoms with E-state index < -0.39 is 5.97 Å². The van der Waals surface area contributed by atoms with E-state index in [4.69, 9.17) is 4.74 Å². The molecule has 7 nitrogen and oxygen atoms in total. The number of esters is 1. The molecular formula is C22H22N4O3. The summed E-state index contributed by atoms with van der Waals surface area (Å²) >= 11 is 0. The van der Waals surface area contributed by atoms with E-state index in [2.05, 4.69) is 15.3 Å². The van der Waals surface area contributed by atoms with Gasteiger partial charge in [-0.25, -0.2) is 14.8 Å². The van der Waals surface area contributed by atoms with Gasteiger partial charge in [0.25, 0.3) is 5.91 Å². The molecule has 0 saturated carbocycles. The van der Waals surface area contributed by atoms with E-state index in [1.807, 2.05) is 49.2 Å². The number of rotatable bonds is 6. The number of amides is 1. The second-order valence-electron chi connectivity index (χ2n) is 6.56. The fourth-order valence-corrected chi connectivity index (χ4v) is 2.80. The van der Waals surface area contributed by atoms with Gasteiger partial charge in [-0.1, -0.05) is 36.4 Å². The largest absolute Gasteiger partial charge is 0.465 e. The normalized spacial score (nSPS) is 10.3. The van der Waals surface area contributed by atoms with Crippen LogP contribution in [0.3, 0.4) is 0 Å². The summed E-state index contributed by atoms with van der Waals surface area (Å²) in [6.45, 7) is 2.43. The molecule has 7 heteroatoms. The smallest absolute Gasteiger partial charge is 0.337 e. The van der Waals surface area contributed by atoms with Crippen LogP contribution in [0, 0.1) is 6.92 Å². The number of hydrogen-bond donors (Lipinski definition) is 1. The van der Waals surface area contributed by atoms with Gasteiger partial charge in [-0.15, -0.1) is 0 Å². The van der Waals surface area contributed by atoms with Crippen LogP contribution in [0.5, 0.6) is 0 Å². The van der Waals surface area contributed by atoms with Crippen molar-refractivity contribution in [3.63, 3.8) is 0 Å². The van der Waals surface area contributed by atoms with Crippen LogP contribution in [0.2, 0.25) is 0 Å². The summed E-state index contributed by atoms with van der Waals surface area (Å²) in [7, 11) is 3.19. The Balaban J connectivity index is 1.78. The molecule has 1 amide bonds. The minimum Gasteiger partial charge on any atom is -0.465 e. The lowest BCUT2D eigenvalue weighted by Crippen LogP contribution is -2.22. The Kier molecular flexibility index (Phi) is 6.19. The maximum Gasteiger partial charge on any atom is 0.337 e. The van der Waals surface area contributed by atoms with Gasteiger partial charge < -0.3 is 15.0 Å². The zero-order valence-electron chi connectivity index (χ0n) is 16.5. The number of nitrogens with one attached hydrogen (secondary N) is 1. The number of carbonyl (C=O) groups is 2. The van der Waals surface area contributed by atoms with Crippen LogP contribution >= 0.6 is 0 Å². The summed E-state index contributed by atoms with van der Waals surface area (Å²) in [6.07, 6.45) is 0. The minimum absolute atomic E-state index is 0.246. The van der Waals surface area contributed by atoms with Gasteiger partial charge in [0.05, 0.1) is 12.7 Å². The van der Waals surface area contributed by atoms with Gasteiger partial charge in [0.15, 0.2) is 0 Å². The number of nitrogens with zero attached hydrogens (tertiary/aromatic N) is 3. The van der Waals surface area contributed by atoms with E-state index in [-0.39, 0.29) is 11.6 Å². The lowest BCUT2D eigenvalue weighted by molar-refractivity contribution is 0.0600. The van der Waals surface area contributed by atoms with Crippen LogP contribution < -0.4 is 10.2 Å². The minimum atomic E-state index is -0.469. The predicted molar refractivity (Wildman–Crippen MR) is 111 cm³/mol. The molecular weight excluding hydrogens is 368 g/mol. The fraction of sp³-hybridized carbons (Fsp3) is 0.182. The van der Waals surface area contributed by atoms with Crippen molar-refractivity contribution in [3.05, 3.63) is 83.2 Å². The quantitative estimate of drug-likeness (QED) is 0.649. The molecule has 0 aliphatic rings. The molecule has 1 aromatic heterocycles. The summed E-state index contributed by atoms with van der Waals surface area (Å²) in [6, 6.07) is 18.1. The van der Waals surface area contributed by atoms with Crippen LogP contribution in [-0.2, 0) is 11.3 Å². The molecule has 3 rings (SSSR count). The SMILES string of the molecule is COC(=O)c1cccc(NC(=O)c2cc(C)nc(N(C)Cc3ccccc3)n2)c1. The third kappa shape index (κ3) is 5.16. The van der Waals surface area contributed by atoms with Gasteiger partial charge >= 0.3 is 5.97 Å². The molecule has 0 atom stereocenters. The highest BCUT2D eigenvalue weighted by molar-refractivity contribution is 6.03. The number of aryl methyl sites for hydroxylation is 1. The molecule has 3 aromatic rings. The van der Waals surface area contributed by atoms with Gasteiger partial charge in [0.2, 0.25) is 5.95 Å². The van der Waals surface area contributed by atoms with E-state index in [1.165, 1.54) is 7.11 Å². The van der Waals surface area contributed by atoms with Gasteiger partial charge in [-0.3, -0.25) is 4.79 Å². The first-order valence-corrected chi connectivity index (χ1v) is 9.07. The maximum absolute atomic E-state index is 12.7. The van der Waals surface area contributed by atoms with Crippen molar-refractivity contribution in [1.29, 1.82) is 0 Å². The average molecular weight is 390 g/mol. The highest BCUT2D eigenvalue weighted by atomic mass is 16.5. The summed E-state index contributed by atoms with van der Waals surface area (Å²) in [5.74, 6) is -0.391. The van der Waals surface area contributed by atoms with Gasteiger partial charge in [-0.05, 0) is 36.8 Å². The van der Waals surface area contributed by atoms with Crippen LogP contribution in [0.1, 0.15) is 32.1 Å². The van der Waals surface area contributed by atoms with E-state index in [0.717, 1.165) is 5.56 Å². The molecule has 0 bridgehead atoms. The molecule has 148 valence electrons. The topological polar surface area (TPSA) is 84.4 Å². The second kappa shape index (κ2) is 8.97. The Hall–Kier alpha value is -3.74. The summed E-state index contributed by atoms with van der Waals surface area (Å²) < 4.78 is 4.71. The Morgan fingerprint density at radius 2 is 1.79 bits per heavy atom. The van der Waals surface area contributed by atoms with E-state index >= 15 is 0 Å². The fourth-order valence-electron chi connectivity index (χ4n) is 2.80. The standard InChI is InChI=1S/C22H22N4O3/c1-15-12-19(20(27)24-18-11-7-10-17(13-18)21(28)29-3)25-22(23-15)26(2)14-16-8-5-4-6-9-16/h4-13H,14H2,1-3H3,(H,24,27). The molecule has 0 spiro atoms. The van der Waals surface area contributed by atoms with Crippen molar-refractivity contribution in [1.82, 2.24) is 9.97 Å². The number of anilines is 2. The Morgan fingerprint density at radius 1 is 1.03 bits per heavy atom. The van der Waals surface area contributed by atoms with Crippen molar-refractivity contribution in [2.45, 2.75) is 13.5 Å². The van der Waals surface area contributed by atoms with Crippen LogP contribution in [-0.4, -0.2) is 36.0 Å². The predicted octanol–water partition coefficient (Wildman–Crippen LogP) is 3.46. The molecule has 1 heterocycles. The highest BCUT2D eigenvalue weighted by Gasteiger charge is 2.14. The van der Waals surface area contributed by atoms with E-state index in [1.54, 1.807) is 30.3 Å². The Bertz CT molecular complexity index is 1020. The summed E-state index contributed by atoms with van der Waals surface area (Å²) in [4.78, 5) is 35.1. The first-order valence-electron chi connectivity index (χ1n) is 9.07. The molecule has 0 aliphatic carbocycles. The molecule has 0 radical (unpaired) electrons. The van der Waals surface area contributed by atoms with Crippen molar-refractivity contribution >= 4 is 23.5 Å². The zero-order chi connectivity index (χ0) is 20.8. The van der Waals surface area contributed by atoms with Crippen molar-refractivity contribution in [2.24, 2.45) is 0 Å². The Morgan fingerprint density at radius 3 is 2.52 bits per heavy atom. The van der Waals surface area contributed by atoms with Crippen molar-refractivity contribution in [3.8, 4) is 0 Å². The number of hydrogen-bond acceptors (Lipinski definition) is 6. The van der Waals surface area contributed by atoms with E-state index in [9.17, 15) is 9.59 Å². The number of carbonyl (C=O) groups excluding carboxylic acids is 2. The monoisotopic (exact) mass is 390 g/mol. The number of methoxy groups -OCH3 is 1. The molecule has 0 aliphatic heterocycles. The van der Waals surface area contributed by atoms with Crippen LogP contribution in [0.25, 0.3) is 0 Å². The lowest BCUT2D eigenvalue weighted by Gasteiger charge is -2.18. The number of benzene rings is 2.